The molecule has 0 aliphatic carbocycles. The Morgan fingerprint density at radius 3 is 2.28 bits per heavy atom. The van der Waals surface area contributed by atoms with Crippen LogP contribution in [0.3, 0.4) is 0 Å². The summed E-state index contributed by atoms with van der Waals surface area (Å²) < 4.78 is 0. The molecule has 1 amide bonds. The van der Waals surface area contributed by atoms with E-state index in [4.69, 9.17) is 16.7 Å². The van der Waals surface area contributed by atoms with Crippen LogP contribution in [-0.2, 0) is 9.59 Å². The quantitative estimate of drug-likeness (QED) is 0.894. The number of benzene rings is 1. The number of carbonyl (C=O) groups excluding carboxylic acids is 1. The summed E-state index contributed by atoms with van der Waals surface area (Å²) in [7, 11) is 0. The van der Waals surface area contributed by atoms with Gasteiger partial charge in [-0.25, -0.2) is 0 Å². The van der Waals surface area contributed by atoms with Crippen molar-refractivity contribution in [3.05, 3.63) is 29.3 Å². The van der Waals surface area contributed by atoms with Gasteiger partial charge in [0.1, 0.15) is 6.54 Å². The molecular weight excluding hydrogens is 254 g/mol. The zero-order valence-corrected chi connectivity index (χ0v) is 11.1. The zero-order chi connectivity index (χ0) is 13.7. The number of carboxylic acids is 1. The number of hydrogen-bond acceptors (Lipinski definition) is 2. The molecular formula is C13H16ClNO3. The standard InChI is InChI=1S/C13H16ClNO3/c1-9(2)7-12(16)15(8-13(17)18)11-5-3-10(14)4-6-11/h3-6,9H,7-8H2,1-2H3,(H,17,18). The van der Waals surface area contributed by atoms with Crippen molar-refractivity contribution in [2.45, 2.75) is 20.3 Å². The molecule has 98 valence electrons. The third-order valence-corrected chi connectivity index (χ3v) is 2.57. The smallest absolute Gasteiger partial charge is 0.323 e. The number of amides is 1. The molecule has 1 aromatic carbocycles. The first kappa shape index (κ1) is 14.5. The minimum absolute atomic E-state index is 0.182. The van der Waals surface area contributed by atoms with Gasteiger partial charge in [-0.3, -0.25) is 9.59 Å². The molecule has 1 rings (SSSR count). The fraction of sp³-hybridized carbons (Fsp3) is 0.385. The molecule has 4 nitrogen and oxygen atoms in total. The minimum atomic E-state index is -1.04. The van der Waals surface area contributed by atoms with Crippen molar-refractivity contribution < 1.29 is 14.7 Å². The third kappa shape index (κ3) is 4.37. The lowest BCUT2D eigenvalue weighted by molar-refractivity contribution is -0.136. The van der Waals surface area contributed by atoms with Gasteiger partial charge in [-0.2, -0.15) is 0 Å². The number of rotatable bonds is 5. The summed E-state index contributed by atoms with van der Waals surface area (Å²) in [5.41, 5.74) is 0.549. The number of anilines is 1. The van der Waals surface area contributed by atoms with Crippen molar-refractivity contribution in [3.8, 4) is 0 Å². The molecule has 0 aliphatic heterocycles. The molecule has 0 atom stereocenters. The Labute approximate surface area is 111 Å². The van der Waals surface area contributed by atoms with Crippen LogP contribution in [0, 0.1) is 5.92 Å². The number of carbonyl (C=O) groups is 2. The molecule has 0 unspecified atom stereocenters. The van der Waals surface area contributed by atoms with Crippen LogP contribution in [0.5, 0.6) is 0 Å². The van der Waals surface area contributed by atoms with Crippen molar-refractivity contribution in [3.63, 3.8) is 0 Å². The van der Waals surface area contributed by atoms with Crippen LogP contribution in [0.1, 0.15) is 20.3 Å². The first-order chi connectivity index (χ1) is 8.40. The highest BCUT2D eigenvalue weighted by Crippen LogP contribution is 2.19. The minimum Gasteiger partial charge on any atom is -0.480 e. The summed E-state index contributed by atoms with van der Waals surface area (Å²) >= 11 is 5.77. The van der Waals surface area contributed by atoms with E-state index in [9.17, 15) is 9.59 Å². The Kier molecular flexibility index (Phi) is 5.16. The van der Waals surface area contributed by atoms with Gasteiger partial charge in [0, 0.05) is 17.1 Å². The summed E-state index contributed by atoms with van der Waals surface area (Å²) in [4.78, 5) is 24.1. The Balaban J connectivity index is 2.93. The van der Waals surface area contributed by atoms with Gasteiger partial charge in [0.2, 0.25) is 5.91 Å². The van der Waals surface area contributed by atoms with Gasteiger partial charge in [-0.15, -0.1) is 0 Å². The summed E-state index contributed by atoms with van der Waals surface area (Å²) in [6.45, 7) is 3.49. The summed E-state index contributed by atoms with van der Waals surface area (Å²) in [6.07, 6.45) is 0.315. The van der Waals surface area contributed by atoms with E-state index in [1.807, 2.05) is 13.8 Å². The zero-order valence-electron chi connectivity index (χ0n) is 10.4. The molecule has 0 fully saturated rings. The van der Waals surface area contributed by atoms with E-state index in [2.05, 4.69) is 0 Å². The highest BCUT2D eigenvalue weighted by molar-refractivity contribution is 6.30. The van der Waals surface area contributed by atoms with Gasteiger partial charge in [-0.1, -0.05) is 25.4 Å². The number of halogens is 1. The van der Waals surface area contributed by atoms with Crippen LogP contribution in [0.4, 0.5) is 5.69 Å². The average Bonchev–Trinajstić information content (AvgIpc) is 2.26. The molecule has 1 aromatic rings. The maximum atomic E-state index is 12.0. The SMILES string of the molecule is CC(C)CC(=O)N(CC(=O)O)c1ccc(Cl)cc1. The molecule has 5 heteroatoms. The number of nitrogens with zero attached hydrogens (tertiary/aromatic N) is 1. The molecule has 0 heterocycles. The van der Waals surface area contributed by atoms with E-state index in [1.165, 1.54) is 4.90 Å². The van der Waals surface area contributed by atoms with Crippen molar-refractivity contribution in [2.24, 2.45) is 5.92 Å². The van der Waals surface area contributed by atoms with Crippen LogP contribution in [0.25, 0.3) is 0 Å². The molecule has 0 spiro atoms. The molecule has 0 saturated heterocycles. The van der Waals surface area contributed by atoms with Crippen LogP contribution in [-0.4, -0.2) is 23.5 Å². The molecule has 0 saturated carbocycles. The molecule has 18 heavy (non-hydrogen) atoms. The Morgan fingerprint density at radius 1 is 1.28 bits per heavy atom. The third-order valence-electron chi connectivity index (χ3n) is 2.32. The molecule has 0 aliphatic rings. The highest BCUT2D eigenvalue weighted by Gasteiger charge is 2.19. The van der Waals surface area contributed by atoms with E-state index in [-0.39, 0.29) is 18.4 Å². The monoisotopic (exact) mass is 269 g/mol. The van der Waals surface area contributed by atoms with Crippen LogP contribution in [0.2, 0.25) is 5.02 Å². The molecule has 0 aromatic heterocycles. The van der Waals surface area contributed by atoms with Gasteiger partial charge in [0.05, 0.1) is 0 Å². The summed E-state index contributed by atoms with van der Waals surface area (Å²) in [5.74, 6) is -1.06. The van der Waals surface area contributed by atoms with E-state index >= 15 is 0 Å². The van der Waals surface area contributed by atoms with Gasteiger partial charge >= 0.3 is 5.97 Å². The first-order valence-corrected chi connectivity index (χ1v) is 6.05. The molecule has 0 bridgehead atoms. The fourth-order valence-electron chi connectivity index (χ4n) is 1.54. The van der Waals surface area contributed by atoms with Crippen molar-refractivity contribution in [2.75, 3.05) is 11.4 Å². The maximum Gasteiger partial charge on any atom is 0.323 e. The summed E-state index contributed by atoms with van der Waals surface area (Å²) in [5, 5.41) is 9.41. The highest BCUT2D eigenvalue weighted by atomic mass is 35.5. The first-order valence-electron chi connectivity index (χ1n) is 5.68. The topological polar surface area (TPSA) is 57.6 Å². The van der Waals surface area contributed by atoms with E-state index in [1.54, 1.807) is 24.3 Å². The van der Waals surface area contributed by atoms with E-state index in [0.717, 1.165) is 0 Å². The largest absolute Gasteiger partial charge is 0.480 e. The average molecular weight is 270 g/mol. The lowest BCUT2D eigenvalue weighted by atomic mass is 10.1. The second-order valence-electron chi connectivity index (χ2n) is 4.45. The number of carboxylic acid groups (broad SMARTS) is 1. The lowest BCUT2D eigenvalue weighted by Gasteiger charge is -2.21. The van der Waals surface area contributed by atoms with Crippen LogP contribution in [0.15, 0.2) is 24.3 Å². The van der Waals surface area contributed by atoms with Gasteiger partial charge in [-0.05, 0) is 30.2 Å². The number of hydrogen-bond donors (Lipinski definition) is 1. The molecule has 1 N–H and O–H groups in total. The van der Waals surface area contributed by atoms with Crippen LogP contribution < -0.4 is 4.90 Å². The Hall–Kier alpha value is -1.55. The molecule has 0 radical (unpaired) electrons. The van der Waals surface area contributed by atoms with Crippen molar-refractivity contribution in [1.82, 2.24) is 0 Å². The van der Waals surface area contributed by atoms with Crippen molar-refractivity contribution >= 4 is 29.2 Å². The van der Waals surface area contributed by atoms with E-state index in [0.29, 0.717) is 17.1 Å². The van der Waals surface area contributed by atoms with Gasteiger partial charge < -0.3 is 10.0 Å². The predicted octanol–water partition coefficient (Wildman–Crippen LogP) is 2.80. The van der Waals surface area contributed by atoms with E-state index < -0.39 is 5.97 Å². The lowest BCUT2D eigenvalue weighted by Crippen LogP contribution is -2.36. The van der Waals surface area contributed by atoms with Crippen LogP contribution >= 0.6 is 11.6 Å². The van der Waals surface area contributed by atoms with Crippen molar-refractivity contribution in [1.29, 1.82) is 0 Å². The second kappa shape index (κ2) is 6.40. The Bertz CT molecular complexity index is 428. The normalized spacial score (nSPS) is 10.4. The van der Waals surface area contributed by atoms with Gasteiger partial charge in [0.25, 0.3) is 0 Å². The summed E-state index contributed by atoms with van der Waals surface area (Å²) in [6, 6.07) is 6.55. The fourth-order valence-corrected chi connectivity index (χ4v) is 1.67. The number of aliphatic carboxylic acids is 1. The second-order valence-corrected chi connectivity index (χ2v) is 4.88. The van der Waals surface area contributed by atoms with Gasteiger partial charge in [0.15, 0.2) is 0 Å². The Morgan fingerprint density at radius 2 is 1.83 bits per heavy atom. The maximum absolute atomic E-state index is 12.0. The predicted molar refractivity (Wildman–Crippen MR) is 70.9 cm³/mol.